The van der Waals surface area contributed by atoms with Gasteiger partial charge in [0.1, 0.15) is 12.2 Å². The Morgan fingerprint density at radius 3 is 2.70 bits per heavy atom. The number of nitrogens with one attached hydrogen (secondary N) is 1. The van der Waals surface area contributed by atoms with Gasteiger partial charge in [-0.05, 0) is 30.5 Å². The molecule has 2 aromatic rings. The van der Waals surface area contributed by atoms with Gasteiger partial charge < -0.3 is 5.11 Å². The summed E-state index contributed by atoms with van der Waals surface area (Å²) in [6.07, 6.45) is 5.19. The second-order valence-electron chi connectivity index (χ2n) is 5.33. The van der Waals surface area contributed by atoms with Crippen LogP contribution < -0.4 is 0 Å². The molecule has 2 heterocycles. The molecule has 20 heavy (non-hydrogen) atoms. The number of aromatic amines is 1. The van der Waals surface area contributed by atoms with Gasteiger partial charge in [-0.3, -0.25) is 10.00 Å². The smallest absolute Gasteiger partial charge is 0.141 e. The zero-order valence-electron chi connectivity index (χ0n) is 11.5. The molecule has 106 valence electrons. The van der Waals surface area contributed by atoms with Crippen molar-refractivity contribution in [3.8, 4) is 0 Å². The summed E-state index contributed by atoms with van der Waals surface area (Å²) in [5, 5.41) is 16.1. The molecule has 1 aromatic carbocycles. The number of rotatable bonds is 4. The summed E-state index contributed by atoms with van der Waals surface area (Å²) in [5.41, 5.74) is 2.23. The highest BCUT2D eigenvalue weighted by Gasteiger charge is 2.25. The number of benzene rings is 1. The Kier molecular flexibility index (Phi) is 4.08. The van der Waals surface area contributed by atoms with E-state index in [2.05, 4.69) is 32.2 Å². The van der Waals surface area contributed by atoms with E-state index in [1.54, 1.807) is 6.33 Å². The van der Waals surface area contributed by atoms with Crippen LogP contribution >= 0.6 is 0 Å². The van der Waals surface area contributed by atoms with Crippen LogP contribution in [0.1, 0.15) is 42.3 Å². The number of piperidine rings is 1. The van der Waals surface area contributed by atoms with Crippen molar-refractivity contribution in [3.05, 3.63) is 47.5 Å². The third kappa shape index (κ3) is 2.89. The molecule has 0 bridgehead atoms. The molecule has 5 heteroatoms. The quantitative estimate of drug-likeness (QED) is 0.893. The van der Waals surface area contributed by atoms with E-state index in [0.29, 0.717) is 6.04 Å². The van der Waals surface area contributed by atoms with E-state index in [1.165, 1.54) is 18.4 Å². The molecule has 0 aliphatic carbocycles. The van der Waals surface area contributed by atoms with Crippen molar-refractivity contribution in [3.63, 3.8) is 0 Å². The molecule has 1 aliphatic heterocycles. The molecule has 0 saturated carbocycles. The van der Waals surface area contributed by atoms with Crippen LogP contribution in [0.4, 0.5) is 0 Å². The van der Waals surface area contributed by atoms with Gasteiger partial charge in [0.05, 0.1) is 12.6 Å². The standard InChI is InChI=1S/C15H20N4O/c20-10-13-6-4-12(5-7-13)9-19-8-2-1-3-14(19)15-16-11-17-18-15/h4-7,11,14,20H,1-3,8-10H2,(H,16,17,18). The highest BCUT2D eigenvalue weighted by atomic mass is 16.3. The number of aromatic nitrogens is 3. The summed E-state index contributed by atoms with van der Waals surface area (Å²) >= 11 is 0. The molecular weight excluding hydrogens is 252 g/mol. The highest BCUT2D eigenvalue weighted by Crippen LogP contribution is 2.29. The molecule has 0 spiro atoms. The number of nitrogens with zero attached hydrogens (tertiary/aromatic N) is 3. The monoisotopic (exact) mass is 272 g/mol. The molecule has 0 amide bonds. The van der Waals surface area contributed by atoms with E-state index in [-0.39, 0.29) is 6.61 Å². The third-order valence-corrected chi connectivity index (χ3v) is 3.95. The van der Waals surface area contributed by atoms with Gasteiger partial charge in [-0.15, -0.1) is 0 Å². The van der Waals surface area contributed by atoms with Crippen LogP contribution in [0.3, 0.4) is 0 Å². The van der Waals surface area contributed by atoms with Crippen molar-refractivity contribution in [1.82, 2.24) is 20.1 Å². The number of aliphatic hydroxyl groups is 1. The molecule has 1 aromatic heterocycles. The summed E-state index contributed by atoms with van der Waals surface area (Å²) in [7, 11) is 0. The molecule has 3 rings (SSSR count). The van der Waals surface area contributed by atoms with Crippen LogP contribution in [0.25, 0.3) is 0 Å². The van der Waals surface area contributed by atoms with Crippen molar-refractivity contribution in [2.45, 2.75) is 38.5 Å². The Morgan fingerprint density at radius 2 is 2.00 bits per heavy atom. The van der Waals surface area contributed by atoms with Crippen molar-refractivity contribution in [2.24, 2.45) is 0 Å². The lowest BCUT2D eigenvalue weighted by Gasteiger charge is -2.34. The van der Waals surface area contributed by atoms with Crippen molar-refractivity contribution in [1.29, 1.82) is 0 Å². The first-order valence-corrected chi connectivity index (χ1v) is 7.15. The lowest BCUT2D eigenvalue weighted by molar-refractivity contribution is 0.134. The van der Waals surface area contributed by atoms with Crippen molar-refractivity contribution >= 4 is 0 Å². The van der Waals surface area contributed by atoms with Gasteiger partial charge in [0, 0.05) is 6.54 Å². The fourth-order valence-corrected chi connectivity index (χ4v) is 2.85. The average molecular weight is 272 g/mol. The van der Waals surface area contributed by atoms with Crippen LogP contribution in [-0.4, -0.2) is 31.7 Å². The van der Waals surface area contributed by atoms with Crippen LogP contribution in [0, 0.1) is 0 Å². The van der Waals surface area contributed by atoms with E-state index in [1.807, 2.05) is 12.1 Å². The fraction of sp³-hybridized carbons (Fsp3) is 0.467. The second kappa shape index (κ2) is 6.15. The van der Waals surface area contributed by atoms with Crippen LogP contribution in [0.15, 0.2) is 30.6 Å². The van der Waals surface area contributed by atoms with Crippen LogP contribution in [0.5, 0.6) is 0 Å². The molecular formula is C15H20N4O. The summed E-state index contributed by atoms with van der Waals surface area (Å²) in [6, 6.07) is 8.50. The summed E-state index contributed by atoms with van der Waals surface area (Å²) in [4.78, 5) is 6.77. The number of H-pyrrole nitrogens is 1. The zero-order valence-corrected chi connectivity index (χ0v) is 11.5. The fourth-order valence-electron chi connectivity index (χ4n) is 2.85. The molecule has 1 atom stereocenters. The topological polar surface area (TPSA) is 65.0 Å². The minimum absolute atomic E-state index is 0.102. The number of aliphatic hydroxyl groups excluding tert-OH is 1. The molecule has 1 unspecified atom stereocenters. The Hall–Kier alpha value is -1.72. The lowest BCUT2D eigenvalue weighted by atomic mass is 10.0. The lowest BCUT2D eigenvalue weighted by Crippen LogP contribution is -2.33. The second-order valence-corrected chi connectivity index (χ2v) is 5.33. The van der Waals surface area contributed by atoms with Crippen molar-refractivity contribution < 1.29 is 5.11 Å². The molecule has 1 saturated heterocycles. The van der Waals surface area contributed by atoms with Crippen LogP contribution in [-0.2, 0) is 13.2 Å². The van der Waals surface area contributed by atoms with E-state index in [4.69, 9.17) is 5.11 Å². The zero-order chi connectivity index (χ0) is 13.8. The summed E-state index contributed by atoms with van der Waals surface area (Å²) in [6.45, 7) is 2.11. The van der Waals surface area contributed by atoms with Gasteiger partial charge >= 0.3 is 0 Å². The summed E-state index contributed by atoms with van der Waals surface area (Å²) in [5.74, 6) is 0.969. The molecule has 0 radical (unpaired) electrons. The van der Waals surface area contributed by atoms with Crippen molar-refractivity contribution in [2.75, 3.05) is 6.54 Å². The predicted octanol–water partition coefficient (Wildman–Crippen LogP) is 2.02. The predicted molar refractivity (Wildman–Crippen MR) is 75.7 cm³/mol. The molecule has 2 N–H and O–H groups in total. The number of likely N-dealkylation sites (tertiary alicyclic amines) is 1. The SMILES string of the molecule is OCc1ccc(CN2CCCCC2c2ncn[nH]2)cc1. The summed E-state index contributed by atoms with van der Waals surface area (Å²) < 4.78 is 0. The average Bonchev–Trinajstić information content (AvgIpc) is 3.03. The van der Waals surface area contributed by atoms with Crippen LogP contribution in [0.2, 0.25) is 0 Å². The van der Waals surface area contributed by atoms with Gasteiger partial charge in [0.15, 0.2) is 0 Å². The largest absolute Gasteiger partial charge is 0.392 e. The van der Waals surface area contributed by atoms with E-state index in [0.717, 1.165) is 30.9 Å². The molecule has 5 nitrogen and oxygen atoms in total. The Morgan fingerprint density at radius 1 is 1.20 bits per heavy atom. The molecule has 1 fully saturated rings. The van der Waals surface area contributed by atoms with Gasteiger partial charge in [-0.2, -0.15) is 5.10 Å². The van der Waals surface area contributed by atoms with E-state index < -0.39 is 0 Å². The Labute approximate surface area is 118 Å². The minimum Gasteiger partial charge on any atom is -0.392 e. The third-order valence-electron chi connectivity index (χ3n) is 3.95. The number of hydrogen-bond acceptors (Lipinski definition) is 4. The van der Waals surface area contributed by atoms with Gasteiger partial charge in [-0.1, -0.05) is 30.7 Å². The first kappa shape index (κ1) is 13.3. The Bertz CT molecular complexity index is 523. The highest BCUT2D eigenvalue weighted by molar-refractivity contribution is 5.22. The number of hydrogen-bond donors (Lipinski definition) is 2. The van der Waals surface area contributed by atoms with E-state index in [9.17, 15) is 0 Å². The van der Waals surface area contributed by atoms with Gasteiger partial charge in [0.2, 0.25) is 0 Å². The molecule has 1 aliphatic rings. The first-order valence-electron chi connectivity index (χ1n) is 7.15. The Balaban J connectivity index is 1.73. The maximum absolute atomic E-state index is 9.09. The first-order chi connectivity index (χ1) is 9.86. The maximum atomic E-state index is 9.09. The minimum atomic E-state index is 0.102. The van der Waals surface area contributed by atoms with Gasteiger partial charge in [-0.25, -0.2) is 4.98 Å². The maximum Gasteiger partial charge on any atom is 0.141 e. The van der Waals surface area contributed by atoms with Gasteiger partial charge in [0.25, 0.3) is 0 Å². The van der Waals surface area contributed by atoms with E-state index >= 15 is 0 Å². The normalized spacial score (nSPS) is 20.1.